The van der Waals surface area contributed by atoms with Crippen LogP contribution in [0.25, 0.3) is 0 Å². The van der Waals surface area contributed by atoms with Crippen molar-refractivity contribution in [2.75, 3.05) is 11.9 Å². The molecule has 1 aromatic rings. The first-order chi connectivity index (χ1) is 7.16. The lowest BCUT2D eigenvalue weighted by atomic mass is 10.3. The predicted octanol–water partition coefficient (Wildman–Crippen LogP) is 0.211. The predicted molar refractivity (Wildman–Crippen MR) is 50.1 cm³/mol. The quantitative estimate of drug-likeness (QED) is 0.725. The van der Waals surface area contributed by atoms with Gasteiger partial charge in [0.2, 0.25) is 5.89 Å². The average Bonchev–Trinajstić information content (AvgIpc) is 2.77. The second-order valence-corrected chi connectivity index (χ2v) is 3.69. The highest BCUT2D eigenvalue weighted by molar-refractivity contribution is 6.20. The Morgan fingerprint density at radius 1 is 1.67 bits per heavy atom. The van der Waals surface area contributed by atoms with Crippen molar-refractivity contribution in [1.82, 2.24) is 15.7 Å². The number of aromatic nitrogens is 2. The van der Waals surface area contributed by atoms with Crippen molar-refractivity contribution in [2.45, 2.75) is 18.3 Å². The van der Waals surface area contributed by atoms with Gasteiger partial charge in [0.15, 0.2) is 0 Å². The molecule has 2 N–H and O–H groups in total. The Bertz CT molecular complexity index is 367. The lowest BCUT2D eigenvalue weighted by molar-refractivity contribution is -0.124. The van der Waals surface area contributed by atoms with Gasteiger partial charge in [0, 0.05) is 0 Å². The first-order valence-electron chi connectivity index (χ1n) is 4.32. The number of amides is 1. The summed E-state index contributed by atoms with van der Waals surface area (Å²) >= 11 is 5.73. The van der Waals surface area contributed by atoms with Crippen LogP contribution >= 0.6 is 11.6 Å². The Hall–Kier alpha value is -1.34. The third kappa shape index (κ3) is 2.18. The first kappa shape index (κ1) is 10.2. The van der Waals surface area contributed by atoms with Crippen molar-refractivity contribution >= 4 is 23.5 Å². The Labute approximate surface area is 90.1 Å². The molecule has 0 spiro atoms. The lowest BCUT2D eigenvalue weighted by Crippen LogP contribution is -2.30. The number of carbonyl (C=O) groups is 1. The Kier molecular flexibility index (Phi) is 2.74. The highest BCUT2D eigenvalue weighted by Crippen LogP contribution is 2.19. The highest BCUT2D eigenvalue weighted by Gasteiger charge is 2.27. The van der Waals surface area contributed by atoms with E-state index in [0.717, 1.165) is 0 Å². The van der Waals surface area contributed by atoms with Crippen LogP contribution in [-0.2, 0) is 9.63 Å². The van der Waals surface area contributed by atoms with Crippen LogP contribution in [0.5, 0.6) is 0 Å². The molecule has 15 heavy (non-hydrogen) atoms. The summed E-state index contributed by atoms with van der Waals surface area (Å²) in [6.07, 6.45) is 0. The van der Waals surface area contributed by atoms with E-state index in [2.05, 4.69) is 21.0 Å². The van der Waals surface area contributed by atoms with Crippen molar-refractivity contribution in [2.24, 2.45) is 0 Å². The lowest BCUT2D eigenvalue weighted by Gasteiger charge is -2.03. The van der Waals surface area contributed by atoms with Gasteiger partial charge in [0.1, 0.15) is 18.0 Å². The molecule has 1 aliphatic heterocycles. The largest absolute Gasteiger partial charge is 0.406 e. The molecule has 1 saturated heterocycles. The third-order valence-corrected chi connectivity index (χ3v) is 2.00. The molecule has 2 heterocycles. The van der Waals surface area contributed by atoms with Gasteiger partial charge in [-0.3, -0.25) is 9.63 Å². The number of hydroxylamine groups is 1. The molecule has 1 amide bonds. The molecule has 82 valence electrons. The summed E-state index contributed by atoms with van der Waals surface area (Å²) in [5.74, 6) is 0.0344. The van der Waals surface area contributed by atoms with Crippen LogP contribution in [0.1, 0.15) is 18.2 Å². The van der Waals surface area contributed by atoms with Gasteiger partial charge < -0.3 is 9.73 Å². The molecule has 2 unspecified atom stereocenters. The van der Waals surface area contributed by atoms with E-state index in [1.807, 2.05) is 0 Å². The molecule has 0 bridgehead atoms. The fourth-order valence-corrected chi connectivity index (χ4v) is 1.14. The number of nitrogens with one attached hydrogen (secondary N) is 2. The van der Waals surface area contributed by atoms with Crippen LogP contribution in [0.4, 0.5) is 6.01 Å². The minimum absolute atomic E-state index is 0.156. The fraction of sp³-hybridized carbons (Fsp3) is 0.571. The molecular weight excluding hydrogens is 224 g/mol. The van der Waals surface area contributed by atoms with E-state index in [9.17, 15) is 4.79 Å². The van der Waals surface area contributed by atoms with Crippen molar-refractivity contribution in [1.29, 1.82) is 0 Å². The van der Waals surface area contributed by atoms with E-state index in [0.29, 0.717) is 5.89 Å². The molecule has 1 aromatic heterocycles. The number of carbonyl (C=O) groups excluding carboxylic acids is 1. The van der Waals surface area contributed by atoms with E-state index in [1.54, 1.807) is 6.92 Å². The number of rotatable bonds is 3. The normalized spacial score (nSPS) is 22.5. The van der Waals surface area contributed by atoms with E-state index < -0.39 is 6.04 Å². The van der Waals surface area contributed by atoms with Crippen LogP contribution < -0.4 is 10.8 Å². The van der Waals surface area contributed by atoms with Crippen molar-refractivity contribution in [3.8, 4) is 0 Å². The van der Waals surface area contributed by atoms with Gasteiger partial charge in [-0.25, -0.2) is 5.48 Å². The molecule has 1 aliphatic rings. The van der Waals surface area contributed by atoms with Gasteiger partial charge in [-0.1, -0.05) is 5.10 Å². The molecule has 8 heteroatoms. The van der Waals surface area contributed by atoms with E-state index in [4.69, 9.17) is 20.9 Å². The van der Waals surface area contributed by atoms with E-state index >= 15 is 0 Å². The summed E-state index contributed by atoms with van der Waals surface area (Å²) in [5, 5.41) is 9.76. The third-order valence-electron chi connectivity index (χ3n) is 1.82. The topological polar surface area (TPSA) is 89.3 Å². The minimum atomic E-state index is -0.510. The number of halogens is 1. The van der Waals surface area contributed by atoms with Gasteiger partial charge in [-0.2, -0.15) is 0 Å². The second kappa shape index (κ2) is 4.03. The van der Waals surface area contributed by atoms with Crippen LogP contribution in [0.3, 0.4) is 0 Å². The van der Waals surface area contributed by atoms with Crippen molar-refractivity contribution < 1.29 is 14.0 Å². The molecular formula is C7H9ClN4O3. The summed E-state index contributed by atoms with van der Waals surface area (Å²) in [5.41, 5.74) is 2.20. The fourth-order valence-electron chi connectivity index (χ4n) is 1.05. The molecule has 2 rings (SSSR count). The number of hydrogen-bond donors (Lipinski definition) is 2. The maximum Gasteiger partial charge on any atom is 0.316 e. The number of alkyl halides is 1. The van der Waals surface area contributed by atoms with Gasteiger partial charge in [-0.15, -0.1) is 16.7 Å². The smallest absolute Gasteiger partial charge is 0.316 e. The van der Waals surface area contributed by atoms with Crippen LogP contribution in [0.2, 0.25) is 0 Å². The Morgan fingerprint density at radius 2 is 2.47 bits per heavy atom. The summed E-state index contributed by atoms with van der Waals surface area (Å²) in [4.78, 5) is 15.8. The second-order valence-electron chi connectivity index (χ2n) is 3.04. The summed E-state index contributed by atoms with van der Waals surface area (Å²) in [7, 11) is 0. The Balaban J connectivity index is 2.01. The van der Waals surface area contributed by atoms with Crippen LogP contribution in [-0.4, -0.2) is 28.8 Å². The zero-order valence-electron chi connectivity index (χ0n) is 7.86. The standard InChI is InChI=1S/C7H9ClN4O3/c1-3(8)6-10-11-7(15-6)9-4-2-14-12-5(4)13/h3-4H,2H2,1H3,(H,9,11)(H,12,13). The minimum Gasteiger partial charge on any atom is -0.406 e. The first-order valence-corrected chi connectivity index (χ1v) is 4.76. The van der Waals surface area contributed by atoms with E-state index in [-0.39, 0.29) is 23.9 Å². The molecule has 2 atom stereocenters. The van der Waals surface area contributed by atoms with Crippen molar-refractivity contribution in [3.63, 3.8) is 0 Å². The van der Waals surface area contributed by atoms with E-state index in [1.165, 1.54) is 0 Å². The van der Waals surface area contributed by atoms with Crippen LogP contribution in [0, 0.1) is 0 Å². The zero-order chi connectivity index (χ0) is 10.8. The SMILES string of the molecule is CC(Cl)c1nnc(NC2CONC2=O)o1. The molecule has 1 fully saturated rings. The average molecular weight is 233 g/mol. The molecule has 0 aromatic carbocycles. The van der Waals surface area contributed by atoms with Gasteiger partial charge in [0.05, 0.1) is 0 Å². The number of anilines is 1. The Morgan fingerprint density at radius 3 is 3.00 bits per heavy atom. The molecule has 0 saturated carbocycles. The molecule has 7 nitrogen and oxygen atoms in total. The maximum atomic E-state index is 11.1. The van der Waals surface area contributed by atoms with Gasteiger partial charge in [-0.05, 0) is 6.92 Å². The number of nitrogens with zero attached hydrogens (tertiary/aromatic N) is 2. The zero-order valence-corrected chi connectivity index (χ0v) is 8.61. The monoisotopic (exact) mass is 232 g/mol. The molecule has 0 aliphatic carbocycles. The highest BCUT2D eigenvalue weighted by atomic mass is 35.5. The summed E-state index contributed by atoms with van der Waals surface area (Å²) in [6, 6.07) is -0.355. The maximum absolute atomic E-state index is 11.1. The molecule has 0 radical (unpaired) electrons. The van der Waals surface area contributed by atoms with Gasteiger partial charge in [0.25, 0.3) is 5.91 Å². The number of hydrogen-bond acceptors (Lipinski definition) is 6. The van der Waals surface area contributed by atoms with Gasteiger partial charge >= 0.3 is 6.01 Å². The summed E-state index contributed by atoms with van der Waals surface area (Å²) < 4.78 is 5.15. The summed E-state index contributed by atoms with van der Waals surface area (Å²) in [6.45, 7) is 1.93. The van der Waals surface area contributed by atoms with Crippen molar-refractivity contribution in [3.05, 3.63) is 5.89 Å². The van der Waals surface area contributed by atoms with Crippen LogP contribution in [0.15, 0.2) is 4.42 Å².